The van der Waals surface area contributed by atoms with E-state index >= 15 is 0 Å². The Morgan fingerprint density at radius 1 is 1.00 bits per heavy atom. The van der Waals surface area contributed by atoms with Gasteiger partial charge in [-0.25, -0.2) is 8.78 Å². The van der Waals surface area contributed by atoms with Gasteiger partial charge in [0, 0.05) is 55.6 Å². The number of aromatic nitrogens is 1. The lowest BCUT2D eigenvalue weighted by molar-refractivity contribution is 0.169. The predicted octanol–water partition coefficient (Wildman–Crippen LogP) is 6.73. The molecule has 7 heteroatoms. The quantitative estimate of drug-likeness (QED) is 0.283. The first-order valence-corrected chi connectivity index (χ1v) is 12.8. The van der Waals surface area contributed by atoms with Gasteiger partial charge < -0.3 is 9.62 Å². The molecule has 1 aliphatic heterocycles. The summed E-state index contributed by atoms with van der Waals surface area (Å²) in [5.74, 6) is -0.515. The molecule has 0 aliphatic carbocycles. The smallest absolute Gasteiger partial charge is 0.147 e. The Morgan fingerprint density at radius 3 is 2.58 bits per heavy atom. The van der Waals surface area contributed by atoms with Crippen molar-refractivity contribution < 1.29 is 8.78 Å². The molecule has 1 aliphatic rings. The second kappa shape index (κ2) is 10.7. The summed E-state index contributed by atoms with van der Waals surface area (Å²) in [5.41, 5.74) is 4.80. The van der Waals surface area contributed by atoms with Crippen LogP contribution in [0.5, 0.6) is 0 Å². The van der Waals surface area contributed by atoms with Crippen LogP contribution >= 0.6 is 11.9 Å². The van der Waals surface area contributed by atoms with Gasteiger partial charge >= 0.3 is 0 Å². The largest absolute Gasteiger partial charge is 0.369 e. The topological polar surface area (TPSA) is 31.4 Å². The first-order chi connectivity index (χ1) is 17.5. The lowest BCUT2D eigenvalue weighted by atomic mass is 10.1. The second-order valence-corrected chi connectivity index (χ2v) is 9.92. The molecule has 0 bridgehead atoms. The summed E-state index contributed by atoms with van der Waals surface area (Å²) in [5, 5.41) is 1.04. The molecule has 4 aromatic rings. The van der Waals surface area contributed by atoms with E-state index in [2.05, 4.69) is 26.1 Å². The number of piperazine rings is 1. The fourth-order valence-electron chi connectivity index (χ4n) is 4.57. The van der Waals surface area contributed by atoms with Crippen LogP contribution in [0.1, 0.15) is 16.7 Å². The zero-order valence-corrected chi connectivity index (χ0v) is 21.0. The Bertz CT molecular complexity index is 1370. The van der Waals surface area contributed by atoms with Crippen LogP contribution in [-0.2, 0) is 6.54 Å². The van der Waals surface area contributed by atoms with Gasteiger partial charge in [0.05, 0.1) is 16.1 Å². The van der Waals surface area contributed by atoms with E-state index in [-0.39, 0.29) is 11.6 Å². The molecule has 1 saturated heterocycles. The summed E-state index contributed by atoms with van der Waals surface area (Å²) >= 11 is 1.35. The second-order valence-electron chi connectivity index (χ2n) is 9.08. The highest BCUT2D eigenvalue weighted by Crippen LogP contribution is 2.30. The van der Waals surface area contributed by atoms with Crippen LogP contribution in [0, 0.1) is 18.6 Å². The van der Waals surface area contributed by atoms with Gasteiger partial charge in [0.15, 0.2) is 0 Å². The zero-order valence-electron chi connectivity index (χ0n) is 20.2. The molecular formula is C29H28F2N4S. The van der Waals surface area contributed by atoms with Crippen molar-refractivity contribution >= 4 is 34.2 Å². The highest BCUT2D eigenvalue weighted by atomic mass is 32.2. The summed E-state index contributed by atoms with van der Waals surface area (Å²) in [4.78, 5) is 9.88. The van der Waals surface area contributed by atoms with E-state index in [0.717, 1.165) is 70.9 Å². The number of halogens is 2. The Morgan fingerprint density at radius 2 is 1.81 bits per heavy atom. The molecule has 0 unspecified atom stereocenters. The van der Waals surface area contributed by atoms with Crippen LogP contribution in [0.2, 0.25) is 0 Å². The maximum Gasteiger partial charge on any atom is 0.147 e. The van der Waals surface area contributed by atoms with Gasteiger partial charge in [-0.05, 0) is 66.4 Å². The summed E-state index contributed by atoms with van der Waals surface area (Å²) < 4.78 is 31.8. The third kappa shape index (κ3) is 5.53. The molecule has 0 radical (unpaired) electrons. The van der Waals surface area contributed by atoms with Crippen LogP contribution in [0.15, 0.2) is 84.4 Å². The standard InChI is InChI=1S/C29H28F2N4S/c1-20-15-22(17-25(30)16-20)19-34-11-13-35(14-12-34)21(2)24-8-9-27(26(31)18-24)33-36-28-7-3-5-23-6-4-10-32-29(23)28/h3-10,15-18,33H,2,11-14,19H2,1H3. The molecule has 4 nitrogen and oxygen atoms in total. The minimum Gasteiger partial charge on any atom is -0.369 e. The number of nitrogens with zero attached hydrogens (tertiary/aromatic N) is 3. The van der Waals surface area contributed by atoms with Crippen LogP contribution in [0.25, 0.3) is 16.6 Å². The van der Waals surface area contributed by atoms with E-state index in [1.807, 2.05) is 49.4 Å². The van der Waals surface area contributed by atoms with Gasteiger partial charge in [-0.15, -0.1) is 0 Å². The van der Waals surface area contributed by atoms with E-state index in [1.165, 1.54) is 18.0 Å². The number of hydrogen-bond acceptors (Lipinski definition) is 5. The Labute approximate surface area is 214 Å². The van der Waals surface area contributed by atoms with Crippen molar-refractivity contribution in [2.75, 3.05) is 30.9 Å². The molecule has 1 aromatic heterocycles. The van der Waals surface area contributed by atoms with Gasteiger partial charge in [-0.3, -0.25) is 9.88 Å². The summed E-state index contributed by atoms with van der Waals surface area (Å²) in [7, 11) is 0. The fourth-order valence-corrected chi connectivity index (χ4v) is 5.37. The lowest BCUT2D eigenvalue weighted by Gasteiger charge is -2.37. The van der Waals surface area contributed by atoms with Crippen LogP contribution in [0.4, 0.5) is 14.5 Å². The predicted molar refractivity (Wildman–Crippen MR) is 145 cm³/mol. The third-order valence-electron chi connectivity index (χ3n) is 6.43. The average molecular weight is 503 g/mol. The Kier molecular flexibility index (Phi) is 7.20. The molecule has 36 heavy (non-hydrogen) atoms. The molecule has 2 heterocycles. The molecule has 0 amide bonds. The van der Waals surface area contributed by atoms with Crippen molar-refractivity contribution in [2.45, 2.75) is 18.4 Å². The number of benzene rings is 3. The van der Waals surface area contributed by atoms with Crippen molar-refractivity contribution in [1.82, 2.24) is 14.8 Å². The molecule has 1 fully saturated rings. The molecule has 3 aromatic carbocycles. The zero-order chi connectivity index (χ0) is 25.1. The van der Waals surface area contributed by atoms with Crippen molar-refractivity contribution in [2.24, 2.45) is 0 Å². The van der Waals surface area contributed by atoms with Gasteiger partial charge in [0.1, 0.15) is 11.6 Å². The van der Waals surface area contributed by atoms with E-state index in [9.17, 15) is 8.78 Å². The number of aryl methyl sites for hydroxylation is 1. The van der Waals surface area contributed by atoms with Gasteiger partial charge in [-0.1, -0.05) is 36.9 Å². The summed E-state index contributed by atoms with van der Waals surface area (Å²) in [6.07, 6.45) is 1.76. The molecule has 0 atom stereocenters. The van der Waals surface area contributed by atoms with E-state index in [0.29, 0.717) is 5.69 Å². The molecular weight excluding hydrogens is 474 g/mol. The monoisotopic (exact) mass is 502 g/mol. The summed E-state index contributed by atoms with van der Waals surface area (Å²) in [6, 6.07) is 20.2. The maximum absolute atomic E-state index is 15.0. The maximum atomic E-state index is 15.0. The molecule has 1 N–H and O–H groups in total. The first-order valence-electron chi connectivity index (χ1n) is 11.9. The van der Waals surface area contributed by atoms with Crippen molar-refractivity contribution in [1.29, 1.82) is 0 Å². The number of nitrogens with one attached hydrogen (secondary N) is 1. The van der Waals surface area contributed by atoms with Gasteiger partial charge in [0.2, 0.25) is 0 Å². The lowest BCUT2D eigenvalue weighted by Crippen LogP contribution is -2.44. The minimum absolute atomic E-state index is 0.191. The highest BCUT2D eigenvalue weighted by molar-refractivity contribution is 8.00. The third-order valence-corrected chi connectivity index (χ3v) is 7.30. The highest BCUT2D eigenvalue weighted by Gasteiger charge is 2.20. The molecule has 5 rings (SSSR count). The van der Waals surface area contributed by atoms with Crippen molar-refractivity contribution in [3.8, 4) is 0 Å². The molecule has 184 valence electrons. The normalized spacial score (nSPS) is 14.2. The number of anilines is 1. The van der Waals surface area contributed by atoms with E-state index < -0.39 is 0 Å². The summed E-state index contributed by atoms with van der Waals surface area (Å²) in [6.45, 7) is 10.1. The Balaban J connectivity index is 1.18. The molecule has 0 spiro atoms. The number of rotatable bonds is 7. The molecule has 0 saturated carbocycles. The van der Waals surface area contributed by atoms with Gasteiger partial charge in [-0.2, -0.15) is 0 Å². The minimum atomic E-state index is -0.325. The van der Waals surface area contributed by atoms with Crippen LogP contribution in [-0.4, -0.2) is 41.0 Å². The van der Waals surface area contributed by atoms with E-state index in [1.54, 1.807) is 24.4 Å². The van der Waals surface area contributed by atoms with Crippen LogP contribution in [0.3, 0.4) is 0 Å². The average Bonchev–Trinajstić information content (AvgIpc) is 2.87. The number of hydrogen-bond donors (Lipinski definition) is 1. The van der Waals surface area contributed by atoms with Crippen molar-refractivity contribution in [3.63, 3.8) is 0 Å². The SMILES string of the molecule is C=C(c1ccc(NSc2cccc3cccnc23)c(F)c1)N1CCN(Cc2cc(C)cc(F)c2)CC1. The Hall–Kier alpha value is -3.42. The van der Waals surface area contributed by atoms with E-state index in [4.69, 9.17) is 0 Å². The number of fused-ring (bicyclic) bond motifs is 1. The fraction of sp³-hybridized carbons (Fsp3) is 0.207. The van der Waals surface area contributed by atoms with Gasteiger partial charge in [0.25, 0.3) is 0 Å². The number of pyridine rings is 1. The van der Waals surface area contributed by atoms with Crippen LogP contribution < -0.4 is 4.72 Å². The first kappa shape index (κ1) is 24.3. The number of para-hydroxylation sites is 1. The van der Waals surface area contributed by atoms with Crippen molar-refractivity contribution in [3.05, 3.63) is 108 Å².